The summed E-state index contributed by atoms with van der Waals surface area (Å²) in [5.41, 5.74) is 7.46. The molecule has 4 fully saturated rings. The molecular weight excluding hydrogens is 1070 g/mol. The Morgan fingerprint density at radius 3 is 2.07 bits per heavy atom. The minimum absolute atomic E-state index is 0.0385. The van der Waals surface area contributed by atoms with Crippen LogP contribution in [0.4, 0.5) is 0 Å². The van der Waals surface area contributed by atoms with Crippen LogP contribution in [0.25, 0.3) is 0 Å². The van der Waals surface area contributed by atoms with Crippen LogP contribution in [0, 0.1) is 23.7 Å². The van der Waals surface area contributed by atoms with E-state index in [-0.39, 0.29) is 137 Å². The van der Waals surface area contributed by atoms with E-state index in [1.54, 1.807) is 35.7 Å². The summed E-state index contributed by atoms with van der Waals surface area (Å²) in [5, 5.41) is 15.6. The molecule has 8 rings (SSSR count). The normalized spacial score (nSPS) is 25.7. The van der Waals surface area contributed by atoms with E-state index in [0.29, 0.717) is 74.5 Å². The maximum absolute atomic E-state index is 14.7. The number of amides is 9. The zero-order valence-corrected chi connectivity index (χ0v) is 50.6. The van der Waals surface area contributed by atoms with Crippen molar-refractivity contribution in [2.45, 2.75) is 179 Å². The third kappa shape index (κ3) is 21.5. The number of rotatable bonds is 13. The minimum atomic E-state index is -0.904. The van der Waals surface area contributed by atoms with Crippen molar-refractivity contribution < 1.29 is 43.2 Å². The van der Waals surface area contributed by atoms with Crippen LogP contribution in [-0.4, -0.2) is 167 Å². The second-order valence-corrected chi connectivity index (χ2v) is 26.1. The number of thioether (sulfide) groups is 1. The maximum atomic E-state index is 14.7. The lowest BCUT2D eigenvalue weighted by molar-refractivity contribution is -0.139. The van der Waals surface area contributed by atoms with Crippen LogP contribution < -0.4 is 32.3 Å². The fourth-order valence-corrected chi connectivity index (χ4v) is 13.2. The number of nitrogens with two attached hydrogens (primary N) is 1. The molecule has 1 saturated heterocycles. The van der Waals surface area contributed by atoms with Crippen molar-refractivity contribution in [1.29, 1.82) is 0 Å². The van der Waals surface area contributed by atoms with E-state index >= 15 is 0 Å². The van der Waals surface area contributed by atoms with E-state index in [4.69, 9.17) is 5.73 Å². The Bertz CT molecular complexity index is 2530. The quantitative estimate of drug-likeness (QED) is 0.144. The van der Waals surface area contributed by atoms with Crippen molar-refractivity contribution >= 4 is 64.9 Å². The van der Waals surface area contributed by atoms with Gasteiger partial charge in [0.25, 0.3) is 5.91 Å². The Morgan fingerprint density at radius 2 is 1.36 bits per heavy atom. The lowest BCUT2D eigenvalue weighted by Crippen LogP contribution is -2.57. The van der Waals surface area contributed by atoms with E-state index in [2.05, 4.69) is 26.6 Å². The van der Waals surface area contributed by atoms with E-state index in [0.717, 1.165) is 49.7 Å². The van der Waals surface area contributed by atoms with Gasteiger partial charge in [0.05, 0.1) is 31.7 Å². The van der Waals surface area contributed by atoms with Crippen LogP contribution in [0.5, 0.6) is 0 Å². The monoisotopic (exact) mass is 1170 g/mol. The Hall–Kier alpha value is -6.02. The van der Waals surface area contributed by atoms with E-state index in [1.807, 2.05) is 63.2 Å². The summed E-state index contributed by atoms with van der Waals surface area (Å²) < 4.78 is 0. The topological polar surface area (TPSA) is 253 Å². The molecular formula is C63H94N10O9S. The number of carbonyl (C=O) groups excluding carboxylic acids is 9. The highest BCUT2D eigenvalue weighted by atomic mass is 32.2. The second kappa shape index (κ2) is 31.8. The molecule has 1 spiro atoms. The first-order chi connectivity index (χ1) is 39.8. The van der Waals surface area contributed by atoms with Crippen molar-refractivity contribution in [3.63, 3.8) is 0 Å². The van der Waals surface area contributed by atoms with Gasteiger partial charge in [-0.1, -0.05) is 88.4 Å². The molecule has 3 unspecified atom stereocenters. The third-order valence-corrected chi connectivity index (χ3v) is 18.0. The van der Waals surface area contributed by atoms with Gasteiger partial charge in [0.15, 0.2) is 0 Å². The van der Waals surface area contributed by atoms with Crippen molar-refractivity contribution in [2.24, 2.45) is 29.4 Å². The Morgan fingerprint density at radius 1 is 0.687 bits per heavy atom. The molecule has 20 heteroatoms. The molecule has 3 saturated carbocycles. The lowest BCUT2D eigenvalue weighted by atomic mass is 9.86. The number of nitrogens with zero attached hydrogens (tertiary/aromatic N) is 4. The second-order valence-electron chi connectivity index (χ2n) is 25.0. The lowest BCUT2D eigenvalue weighted by Gasteiger charge is -2.34. The van der Waals surface area contributed by atoms with Gasteiger partial charge in [-0.3, -0.25) is 43.2 Å². The molecule has 4 bridgehead atoms. The number of hydrogen-bond donors (Lipinski definition) is 6. The van der Waals surface area contributed by atoms with Gasteiger partial charge in [0.2, 0.25) is 47.3 Å². The minimum Gasteiger partial charge on any atom is -0.352 e. The molecule has 6 atom stereocenters. The molecule has 456 valence electrons. The fraction of sp³-hybridized carbons (Fsp3) is 0.667. The van der Waals surface area contributed by atoms with Gasteiger partial charge in [-0.2, -0.15) is 11.8 Å². The van der Waals surface area contributed by atoms with Crippen LogP contribution in [-0.2, 0) is 50.5 Å². The van der Waals surface area contributed by atoms with Crippen LogP contribution in [0.1, 0.15) is 158 Å². The first-order valence-corrected chi connectivity index (χ1v) is 32.0. The fourth-order valence-electron chi connectivity index (χ4n) is 12.3. The maximum Gasteiger partial charge on any atom is 0.251 e. The summed E-state index contributed by atoms with van der Waals surface area (Å²) in [5.74, 6) is -1.14. The smallest absolute Gasteiger partial charge is 0.251 e. The van der Waals surface area contributed by atoms with Gasteiger partial charge in [0.1, 0.15) is 0 Å². The van der Waals surface area contributed by atoms with Crippen molar-refractivity contribution in [3.05, 3.63) is 71.3 Å². The number of aryl methyl sites for hydroxylation is 1. The third-order valence-electron chi connectivity index (χ3n) is 17.0. The number of hydrogen-bond acceptors (Lipinski definition) is 11. The predicted octanol–water partition coefficient (Wildman–Crippen LogP) is 5.09. The van der Waals surface area contributed by atoms with Gasteiger partial charge in [-0.25, -0.2) is 0 Å². The molecule has 9 amide bonds. The van der Waals surface area contributed by atoms with Crippen LogP contribution in [0.2, 0.25) is 0 Å². The number of fused-ring (bicyclic) bond motifs is 23. The summed E-state index contributed by atoms with van der Waals surface area (Å²) in [4.78, 5) is 133. The van der Waals surface area contributed by atoms with Crippen molar-refractivity contribution in [3.8, 4) is 0 Å². The predicted molar refractivity (Wildman–Crippen MR) is 321 cm³/mol. The zero-order chi connectivity index (χ0) is 59.5. The standard InChI is InChI=1S/C63H94N10O9S/c1-43(2)30-52-35-72(61(81)32-48-17-18-48)40-57(77)69-63(33-51(63)16-11-28-64)42-73(59(79)26-22-47-14-9-6-10-15-47)39-56(76)68-53-31-44(3)65-54(74)37-71(36-53)60(80)27-29-83-41-49-19-23-50(24-20-49)62(82)66-45(4)34-70(38-55(75)67-52)58(78)25-21-46-12-7-5-8-13-46/h5,7-8,12-13,19-20,23-24,43-45,47-48,51-53H,6,9-11,14-18,21-22,25-42,64H2,1-4H3,(H,65,74)(H,66,82)(H,67,75)(H,68,76)(H,69,77)/t44?,45-,51?,52-,53-,63?/m0/s1. The average Bonchev–Trinajstić information content (AvgIpc) is 2.50. The van der Waals surface area contributed by atoms with Gasteiger partial charge in [-0.05, 0) is 125 Å². The van der Waals surface area contributed by atoms with E-state index in [1.165, 1.54) is 21.1 Å². The summed E-state index contributed by atoms with van der Waals surface area (Å²) >= 11 is 1.54. The van der Waals surface area contributed by atoms with Crippen molar-refractivity contribution in [1.82, 2.24) is 46.2 Å². The summed E-state index contributed by atoms with van der Waals surface area (Å²) in [6.45, 7) is 7.32. The molecule has 2 aromatic rings. The number of nitrogens with one attached hydrogen (secondary N) is 5. The van der Waals surface area contributed by atoms with Gasteiger partial charge in [-0.15, -0.1) is 0 Å². The molecule has 3 aliphatic heterocycles. The highest BCUT2D eigenvalue weighted by Crippen LogP contribution is 2.47. The molecule has 3 aliphatic carbocycles. The van der Waals surface area contributed by atoms with Gasteiger partial charge in [0, 0.05) is 93.1 Å². The van der Waals surface area contributed by atoms with Crippen LogP contribution >= 0.6 is 11.8 Å². The van der Waals surface area contributed by atoms with Crippen LogP contribution in [0.15, 0.2) is 54.6 Å². The average molecular weight is 1170 g/mol. The number of carbonyl (C=O) groups is 9. The van der Waals surface area contributed by atoms with Gasteiger partial charge >= 0.3 is 0 Å². The van der Waals surface area contributed by atoms with Gasteiger partial charge < -0.3 is 51.9 Å². The summed E-state index contributed by atoms with van der Waals surface area (Å²) in [6.07, 6.45) is 12.0. The summed E-state index contributed by atoms with van der Waals surface area (Å²) in [6, 6.07) is 14.8. The van der Waals surface area contributed by atoms with E-state index in [9.17, 15) is 43.2 Å². The number of benzene rings is 2. The van der Waals surface area contributed by atoms with Crippen molar-refractivity contribution in [2.75, 3.05) is 64.7 Å². The molecule has 6 aliphatic rings. The molecule has 0 aromatic heterocycles. The first-order valence-electron chi connectivity index (χ1n) is 30.8. The first kappa shape index (κ1) is 64.5. The Labute approximate surface area is 496 Å². The summed E-state index contributed by atoms with van der Waals surface area (Å²) in [7, 11) is 0. The highest BCUT2D eigenvalue weighted by Gasteiger charge is 2.56. The molecule has 83 heavy (non-hydrogen) atoms. The molecule has 0 radical (unpaired) electrons. The van der Waals surface area contributed by atoms with Crippen LogP contribution in [0.3, 0.4) is 0 Å². The SMILES string of the molecule is CC(C)C[C@H]1CN(C(=O)CC2CC2)CC(=O)NC2(CC2CCCN)CN(C(=O)CCC2CCCCC2)CC(=O)N[C@H]2CC(C)NC(=O)CN(C2)C(=O)CCSCc2ccc(cc2)C(=O)N[C@@H](C)CN(C(=O)CCc2ccccc2)CC(=O)N1. The highest BCUT2D eigenvalue weighted by molar-refractivity contribution is 7.98. The molecule has 2 aromatic carbocycles. The molecule has 7 N–H and O–H groups in total. The van der Waals surface area contributed by atoms with E-state index < -0.39 is 41.4 Å². The zero-order valence-electron chi connectivity index (χ0n) is 49.8. The Kier molecular flexibility index (Phi) is 24.7. The molecule has 3 heterocycles. The molecule has 19 nitrogen and oxygen atoms in total. The Balaban J connectivity index is 1.17. The largest absolute Gasteiger partial charge is 0.352 e.